The van der Waals surface area contributed by atoms with Crippen molar-refractivity contribution < 1.29 is 0 Å². The van der Waals surface area contributed by atoms with E-state index >= 15 is 0 Å². The van der Waals surface area contributed by atoms with Gasteiger partial charge in [-0.05, 0) is 60.1 Å². The minimum Gasteiger partial charge on any atom is -0.103 e. The molecule has 0 N–H and O–H groups in total. The Morgan fingerprint density at radius 3 is 3.00 bits per heavy atom. The molecule has 0 atom stereocenters. The molecule has 0 amide bonds. The van der Waals surface area contributed by atoms with E-state index in [0.29, 0.717) is 0 Å². The predicted octanol–water partition coefficient (Wildman–Crippen LogP) is 4.54. The van der Waals surface area contributed by atoms with Crippen molar-refractivity contribution in [1.82, 2.24) is 0 Å². The maximum Gasteiger partial charge on any atom is -0.01000 e. The molecule has 0 saturated heterocycles. The Morgan fingerprint density at radius 2 is 2.25 bits per heavy atom. The van der Waals surface area contributed by atoms with Gasteiger partial charge in [0, 0.05) is 0 Å². The van der Waals surface area contributed by atoms with Crippen LogP contribution in [0.3, 0.4) is 0 Å². The average molecular weight is 210 g/mol. The lowest BCUT2D eigenvalue weighted by Crippen LogP contribution is -1.98. The van der Waals surface area contributed by atoms with Gasteiger partial charge in [0.05, 0.1) is 0 Å². The third kappa shape index (κ3) is 2.01. The highest BCUT2D eigenvalue weighted by atomic mass is 14.1. The number of rotatable bonds is 3. The molecule has 0 nitrogen and oxygen atoms in total. The molecule has 0 fully saturated rings. The molecule has 1 aromatic rings. The highest BCUT2D eigenvalue weighted by molar-refractivity contribution is 5.71. The summed E-state index contributed by atoms with van der Waals surface area (Å²) in [5.41, 5.74) is 6.60. The van der Waals surface area contributed by atoms with Crippen molar-refractivity contribution in [3.8, 4) is 0 Å². The van der Waals surface area contributed by atoms with Gasteiger partial charge in [-0.3, -0.25) is 0 Å². The molecule has 1 aromatic carbocycles. The molecule has 0 heterocycles. The summed E-state index contributed by atoms with van der Waals surface area (Å²) in [5, 5.41) is 0. The molecule has 0 unspecified atom stereocenters. The van der Waals surface area contributed by atoms with Crippen molar-refractivity contribution in [3.63, 3.8) is 0 Å². The van der Waals surface area contributed by atoms with Gasteiger partial charge in [-0.1, -0.05) is 30.9 Å². The van der Waals surface area contributed by atoms with Crippen LogP contribution in [0, 0.1) is 6.92 Å². The van der Waals surface area contributed by atoms with Crippen LogP contribution in [0.2, 0.25) is 0 Å². The maximum atomic E-state index is 4.13. The van der Waals surface area contributed by atoms with Gasteiger partial charge >= 0.3 is 0 Å². The molecule has 82 valence electrons. The van der Waals surface area contributed by atoms with Gasteiger partial charge in [-0.25, -0.2) is 0 Å². The highest BCUT2D eigenvalue weighted by Gasteiger charge is 2.09. The van der Waals surface area contributed by atoms with Crippen LogP contribution in [0.1, 0.15) is 35.1 Å². The Balaban J connectivity index is 2.44. The number of fused-ring (bicyclic) bond motifs is 1. The molecule has 16 heavy (non-hydrogen) atoms. The number of benzene rings is 1. The molecule has 0 spiro atoms. The van der Waals surface area contributed by atoms with Crippen molar-refractivity contribution >= 4 is 11.6 Å². The Bertz CT molecular complexity index is 461. The minimum absolute atomic E-state index is 0.864. The van der Waals surface area contributed by atoms with Crippen molar-refractivity contribution in [2.24, 2.45) is 0 Å². The summed E-state index contributed by atoms with van der Waals surface area (Å²) in [7, 11) is 0. The van der Waals surface area contributed by atoms with Crippen molar-refractivity contribution in [1.29, 1.82) is 0 Å². The summed E-state index contributed by atoms with van der Waals surface area (Å²) in [5.74, 6) is 0. The normalized spacial score (nSPS) is 13.3. The van der Waals surface area contributed by atoms with E-state index in [0.717, 1.165) is 12.0 Å². The molecule has 0 heteroatoms. The van der Waals surface area contributed by atoms with E-state index in [1.165, 1.54) is 35.1 Å². The summed E-state index contributed by atoms with van der Waals surface area (Å²) >= 11 is 0. The Kier molecular flexibility index (Phi) is 3.09. The molecule has 0 bridgehead atoms. The highest BCUT2D eigenvalue weighted by Crippen LogP contribution is 2.28. The van der Waals surface area contributed by atoms with Crippen LogP contribution in [-0.2, 0) is 6.42 Å². The zero-order valence-electron chi connectivity index (χ0n) is 9.92. The molecular weight excluding hydrogens is 192 g/mol. The third-order valence-corrected chi connectivity index (χ3v) is 3.14. The molecule has 0 saturated carbocycles. The number of aryl methyl sites for hydroxylation is 2. The molecule has 1 aliphatic carbocycles. The minimum atomic E-state index is 0.864. The van der Waals surface area contributed by atoms with Gasteiger partial charge in [0.25, 0.3) is 0 Å². The van der Waals surface area contributed by atoms with Crippen LogP contribution in [0.25, 0.3) is 11.6 Å². The van der Waals surface area contributed by atoms with E-state index in [4.69, 9.17) is 0 Å². The Hall–Kier alpha value is -1.56. The lowest BCUT2D eigenvalue weighted by Gasteiger charge is -2.15. The quantitative estimate of drug-likeness (QED) is 0.642. The summed E-state index contributed by atoms with van der Waals surface area (Å²) in [6.07, 6.45) is 9.58. The summed E-state index contributed by atoms with van der Waals surface area (Å²) in [4.78, 5) is 0. The molecule has 0 aliphatic heterocycles. The first-order valence-corrected chi connectivity index (χ1v) is 5.81. The molecule has 0 radical (unpaired) electrons. The van der Waals surface area contributed by atoms with Crippen molar-refractivity contribution in [2.45, 2.75) is 26.2 Å². The predicted molar refractivity (Wildman–Crippen MR) is 72.4 cm³/mol. The fourth-order valence-corrected chi connectivity index (χ4v) is 2.27. The van der Waals surface area contributed by atoms with Gasteiger partial charge < -0.3 is 0 Å². The topological polar surface area (TPSA) is 0 Å². The van der Waals surface area contributed by atoms with Crippen LogP contribution in [0.5, 0.6) is 0 Å². The van der Waals surface area contributed by atoms with E-state index in [-0.39, 0.29) is 0 Å². The standard InChI is InChI=1S/C16H18/c1-4-7-12(2)16-11-15-9-6-5-8-14(15)10-13(16)3/h4,6,9-11H,1-2,5,7-8H2,3H3. The van der Waals surface area contributed by atoms with E-state index < -0.39 is 0 Å². The second kappa shape index (κ2) is 4.52. The monoisotopic (exact) mass is 210 g/mol. The van der Waals surface area contributed by atoms with Gasteiger partial charge in [0.1, 0.15) is 0 Å². The van der Waals surface area contributed by atoms with Gasteiger partial charge in [0.15, 0.2) is 0 Å². The van der Waals surface area contributed by atoms with Crippen LogP contribution in [-0.4, -0.2) is 0 Å². The first kappa shape index (κ1) is 10.9. The fraction of sp³-hybridized carbons (Fsp3) is 0.250. The second-order valence-electron chi connectivity index (χ2n) is 4.40. The van der Waals surface area contributed by atoms with Gasteiger partial charge in [-0.15, -0.1) is 6.58 Å². The van der Waals surface area contributed by atoms with E-state index in [9.17, 15) is 0 Å². The zero-order chi connectivity index (χ0) is 11.5. The van der Waals surface area contributed by atoms with Crippen molar-refractivity contribution in [2.75, 3.05) is 0 Å². The van der Waals surface area contributed by atoms with Gasteiger partial charge in [-0.2, -0.15) is 0 Å². The first-order chi connectivity index (χ1) is 7.72. The number of hydrogen-bond donors (Lipinski definition) is 0. The van der Waals surface area contributed by atoms with Crippen LogP contribution in [0.4, 0.5) is 0 Å². The van der Waals surface area contributed by atoms with E-state index in [2.05, 4.69) is 44.4 Å². The largest absolute Gasteiger partial charge is 0.103 e. The second-order valence-corrected chi connectivity index (χ2v) is 4.40. The fourth-order valence-electron chi connectivity index (χ4n) is 2.27. The third-order valence-electron chi connectivity index (χ3n) is 3.14. The lowest BCUT2D eigenvalue weighted by atomic mass is 9.89. The summed E-state index contributed by atoms with van der Waals surface area (Å²) in [6.45, 7) is 10.1. The van der Waals surface area contributed by atoms with Crippen molar-refractivity contribution in [3.05, 3.63) is 59.7 Å². The van der Waals surface area contributed by atoms with Crippen LogP contribution < -0.4 is 0 Å². The number of hydrogen-bond acceptors (Lipinski definition) is 0. The Morgan fingerprint density at radius 1 is 1.44 bits per heavy atom. The van der Waals surface area contributed by atoms with Crippen LogP contribution >= 0.6 is 0 Å². The molecular formula is C16H18. The smallest absolute Gasteiger partial charge is 0.01000 e. The lowest BCUT2D eigenvalue weighted by molar-refractivity contribution is 0.981. The van der Waals surface area contributed by atoms with Gasteiger partial charge in [0.2, 0.25) is 0 Å². The molecule has 2 rings (SSSR count). The molecule has 0 aromatic heterocycles. The Labute approximate surface area is 98.0 Å². The average Bonchev–Trinajstić information content (AvgIpc) is 2.28. The SMILES string of the molecule is C=CCC(=C)c1cc2c(cc1C)CCC=C2. The summed E-state index contributed by atoms with van der Waals surface area (Å²) < 4.78 is 0. The van der Waals surface area contributed by atoms with E-state index in [1.807, 2.05) is 6.08 Å². The number of allylic oxidation sites excluding steroid dienone is 3. The maximum absolute atomic E-state index is 4.13. The summed E-state index contributed by atoms with van der Waals surface area (Å²) in [6, 6.07) is 4.58. The van der Waals surface area contributed by atoms with Crippen LogP contribution in [0.15, 0.2) is 37.4 Å². The zero-order valence-corrected chi connectivity index (χ0v) is 9.92. The molecule has 1 aliphatic rings. The first-order valence-electron chi connectivity index (χ1n) is 5.81. The van der Waals surface area contributed by atoms with E-state index in [1.54, 1.807) is 0 Å².